The number of aromatic hydroxyl groups is 1. The fourth-order valence-corrected chi connectivity index (χ4v) is 2.18. The van der Waals surface area contributed by atoms with Crippen LogP contribution in [0.1, 0.15) is 18.9 Å². The molecule has 0 saturated carbocycles. The van der Waals surface area contributed by atoms with E-state index in [0.29, 0.717) is 13.1 Å². The third-order valence-electron chi connectivity index (χ3n) is 3.22. The van der Waals surface area contributed by atoms with Crippen LogP contribution in [-0.4, -0.2) is 29.6 Å². The summed E-state index contributed by atoms with van der Waals surface area (Å²) in [5.41, 5.74) is 0.282. The Kier molecular flexibility index (Phi) is 2.59. The zero-order chi connectivity index (χ0) is 11.8. The Labute approximate surface area is 94.9 Å². The molecule has 86 valence electrons. The van der Waals surface area contributed by atoms with Crippen LogP contribution >= 0.6 is 0 Å². The second-order valence-electron chi connectivity index (χ2n) is 4.14. The zero-order valence-corrected chi connectivity index (χ0v) is 9.53. The molecule has 0 bridgehead atoms. The van der Waals surface area contributed by atoms with E-state index in [2.05, 4.69) is 5.32 Å². The normalized spacial score (nSPS) is 25.1. The van der Waals surface area contributed by atoms with Crippen LogP contribution in [0.3, 0.4) is 0 Å². The number of phenolic OH excluding ortho intramolecular Hbond substituents is 1. The van der Waals surface area contributed by atoms with Crippen molar-refractivity contribution in [2.75, 3.05) is 13.7 Å². The monoisotopic (exact) mass is 220 g/mol. The van der Waals surface area contributed by atoms with Crippen molar-refractivity contribution in [1.82, 2.24) is 10.2 Å². The van der Waals surface area contributed by atoms with Crippen molar-refractivity contribution in [3.63, 3.8) is 0 Å². The highest BCUT2D eigenvalue weighted by Crippen LogP contribution is 2.31. The summed E-state index contributed by atoms with van der Waals surface area (Å²) >= 11 is 0. The first-order chi connectivity index (χ1) is 7.60. The van der Waals surface area contributed by atoms with Gasteiger partial charge in [-0.1, -0.05) is 19.1 Å². The van der Waals surface area contributed by atoms with Crippen molar-refractivity contribution >= 4 is 5.91 Å². The van der Waals surface area contributed by atoms with E-state index in [1.54, 1.807) is 36.2 Å². The van der Waals surface area contributed by atoms with Crippen molar-refractivity contribution in [3.8, 4) is 5.75 Å². The average molecular weight is 220 g/mol. The van der Waals surface area contributed by atoms with E-state index in [1.807, 2.05) is 6.92 Å². The number of carbonyl (C=O) groups is 1. The molecule has 1 amide bonds. The number of nitrogens with zero attached hydrogens (tertiary/aromatic N) is 1. The minimum absolute atomic E-state index is 0.0840. The van der Waals surface area contributed by atoms with E-state index in [0.717, 1.165) is 5.56 Å². The molecule has 4 nitrogen and oxygen atoms in total. The molecule has 1 atom stereocenters. The molecule has 1 aliphatic heterocycles. The predicted octanol–water partition coefficient (Wildman–Crippen LogP) is 1.02. The Hall–Kier alpha value is -1.55. The van der Waals surface area contributed by atoms with Gasteiger partial charge in [0, 0.05) is 7.05 Å². The van der Waals surface area contributed by atoms with Crippen molar-refractivity contribution in [2.24, 2.45) is 0 Å². The highest BCUT2D eigenvalue weighted by molar-refractivity contribution is 5.89. The van der Waals surface area contributed by atoms with Crippen LogP contribution in [0.4, 0.5) is 0 Å². The van der Waals surface area contributed by atoms with E-state index in [4.69, 9.17) is 0 Å². The molecule has 1 aliphatic rings. The second-order valence-corrected chi connectivity index (χ2v) is 4.14. The van der Waals surface area contributed by atoms with Gasteiger partial charge in [-0.25, -0.2) is 0 Å². The lowest BCUT2D eigenvalue weighted by atomic mass is 9.87. The van der Waals surface area contributed by atoms with Gasteiger partial charge in [0.05, 0.1) is 6.67 Å². The summed E-state index contributed by atoms with van der Waals surface area (Å²) in [7, 11) is 1.78. The lowest BCUT2D eigenvalue weighted by molar-refractivity contribution is -0.131. The Morgan fingerprint density at radius 3 is 2.50 bits per heavy atom. The topological polar surface area (TPSA) is 52.6 Å². The molecular formula is C12H16N2O2. The number of hydrogen-bond donors (Lipinski definition) is 2. The van der Waals surface area contributed by atoms with E-state index in [1.165, 1.54) is 0 Å². The van der Waals surface area contributed by atoms with E-state index in [9.17, 15) is 9.90 Å². The highest BCUT2D eigenvalue weighted by atomic mass is 16.3. The molecule has 2 rings (SSSR count). The van der Waals surface area contributed by atoms with Gasteiger partial charge in [-0.15, -0.1) is 0 Å². The second kappa shape index (κ2) is 3.79. The molecule has 4 heteroatoms. The zero-order valence-electron chi connectivity index (χ0n) is 9.53. The van der Waals surface area contributed by atoms with Crippen LogP contribution in [-0.2, 0) is 10.3 Å². The number of nitrogens with one attached hydrogen (secondary N) is 1. The van der Waals surface area contributed by atoms with Gasteiger partial charge in [0.15, 0.2) is 0 Å². The number of hydrogen-bond acceptors (Lipinski definition) is 3. The maximum Gasteiger partial charge on any atom is 0.248 e. The number of phenols is 1. The summed E-state index contributed by atoms with van der Waals surface area (Å²) in [4.78, 5) is 13.8. The van der Waals surface area contributed by atoms with E-state index >= 15 is 0 Å². The number of benzene rings is 1. The van der Waals surface area contributed by atoms with Crippen molar-refractivity contribution in [3.05, 3.63) is 29.8 Å². The molecular weight excluding hydrogens is 204 g/mol. The first-order valence-corrected chi connectivity index (χ1v) is 5.40. The van der Waals surface area contributed by atoms with Gasteiger partial charge in [-0.2, -0.15) is 0 Å². The molecule has 2 N–H and O–H groups in total. The van der Waals surface area contributed by atoms with Crippen LogP contribution in [0.5, 0.6) is 5.75 Å². The fourth-order valence-electron chi connectivity index (χ4n) is 2.18. The number of amides is 1. The number of rotatable bonds is 2. The Balaban J connectivity index is 2.43. The fraction of sp³-hybridized carbons (Fsp3) is 0.417. The first kappa shape index (κ1) is 11.0. The minimum Gasteiger partial charge on any atom is -0.508 e. The summed E-state index contributed by atoms with van der Waals surface area (Å²) < 4.78 is 0. The average Bonchev–Trinajstić information content (AvgIpc) is 2.59. The van der Waals surface area contributed by atoms with Crippen LogP contribution < -0.4 is 5.32 Å². The van der Waals surface area contributed by atoms with Gasteiger partial charge in [-0.05, 0) is 24.1 Å². The summed E-state index contributed by atoms with van der Waals surface area (Å²) in [6.45, 7) is 2.55. The maximum atomic E-state index is 12.1. The molecule has 0 aliphatic carbocycles. The summed E-state index contributed by atoms with van der Waals surface area (Å²) in [6, 6.07) is 6.81. The Morgan fingerprint density at radius 1 is 1.44 bits per heavy atom. The van der Waals surface area contributed by atoms with Gasteiger partial charge >= 0.3 is 0 Å². The highest BCUT2D eigenvalue weighted by Gasteiger charge is 2.44. The lowest BCUT2D eigenvalue weighted by Gasteiger charge is -2.26. The van der Waals surface area contributed by atoms with Crippen molar-refractivity contribution < 1.29 is 9.90 Å². The summed E-state index contributed by atoms with van der Waals surface area (Å²) in [5.74, 6) is 0.300. The molecule has 16 heavy (non-hydrogen) atoms. The number of likely N-dealkylation sites (N-methyl/N-ethyl adjacent to an activating group) is 1. The quantitative estimate of drug-likeness (QED) is 0.782. The molecule has 0 unspecified atom stereocenters. The van der Waals surface area contributed by atoms with Crippen molar-refractivity contribution in [1.29, 1.82) is 0 Å². The predicted molar refractivity (Wildman–Crippen MR) is 60.8 cm³/mol. The minimum atomic E-state index is -0.623. The van der Waals surface area contributed by atoms with Gasteiger partial charge in [-0.3, -0.25) is 10.1 Å². The largest absolute Gasteiger partial charge is 0.508 e. The molecule has 1 fully saturated rings. The summed E-state index contributed by atoms with van der Waals surface area (Å²) in [6.07, 6.45) is 0.695. The van der Waals surface area contributed by atoms with Crippen molar-refractivity contribution in [2.45, 2.75) is 18.9 Å². The van der Waals surface area contributed by atoms with E-state index in [-0.39, 0.29) is 11.7 Å². The molecule has 1 aromatic rings. The smallest absolute Gasteiger partial charge is 0.248 e. The molecule has 0 aromatic heterocycles. The molecule has 1 heterocycles. The van der Waals surface area contributed by atoms with Crippen LogP contribution in [0, 0.1) is 0 Å². The maximum absolute atomic E-state index is 12.1. The van der Waals surface area contributed by atoms with Gasteiger partial charge in [0.25, 0.3) is 0 Å². The van der Waals surface area contributed by atoms with Gasteiger partial charge in [0.1, 0.15) is 11.3 Å². The SMILES string of the molecule is CC[C@@]1(c2ccc(O)cc2)NCN(C)C1=O. The third-order valence-corrected chi connectivity index (χ3v) is 3.22. The summed E-state index contributed by atoms with van der Waals surface area (Å²) in [5, 5.41) is 12.5. The molecule has 0 spiro atoms. The third kappa shape index (κ3) is 1.46. The first-order valence-electron chi connectivity index (χ1n) is 5.40. The van der Waals surface area contributed by atoms with Gasteiger partial charge in [0.2, 0.25) is 5.91 Å². The van der Waals surface area contributed by atoms with Crippen LogP contribution in [0.2, 0.25) is 0 Å². The lowest BCUT2D eigenvalue weighted by Crippen LogP contribution is -2.42. The van der Waals surface area contributed by atoms with Gasteiger partial charge < -0.3 is 10.0 Å². The van der Waals surface area contributed by atoms with Crippen LogP contribution in [0.25, 0.3) is 0 Å². The Bertz CT molecular complexity index is 402. The van der Waals surface area contributed by atoms with Crippen LogP contribution in [0.15, 0.2) is 24.3 Å². The standard InChI is InChI=1S/C12H16N2O2/c1-3-12(11(16)14(2)8-13-12)9-4-6-10(15)7-5-9/h4-7,13,15H,3,8H2,1-2H3/t12-/m0/s1. The Morgan fingerprint density at radius 2 is 2.06 bits per heavy atom. The molecule has 1 saturated heterocycles. The van der Waals surface area contributed by atoms with E-state index < -0.39 is 5.54 Å². The number of carbonyl (C=O) groups excluding carboxylic acids is 1. The molecule has 1 aromatic carbocycles. The molecule has 0 radical (unpaired) electrons.